The number of alkyl halides is 3. The van der Waals surface area contributed by atoms with Gasteiger partial charge < -0.3 is 4.57 Å². The molecule has 1 aliphatic rings. The molecule has 0 spiro atoms. The SMILES string of the molecule is Cc1nc(C(=O)C(F)(F)F)c2n1CCCC2. The molecule has 0 N–H and O–H groups in total. The summed E-state index contributed by atoms with van der Waals surface area (Å²) in [5, 5.41) is 0. The molecule has 1 aromatic heterocycles. The third-order valence-electron chi connectivity index (χ3n) is 2.78. The van der Waals surface area contributed by atoms with Gasteiger partial charge in [-0.2, -0.15) is 13.2 Å². The van der Waals surface area contributed by atoms with Crippen molar-refractivity contribution in [3.05, 3.63) is 17.2 Å². The zero-order valence-electron chi connectivity index (χ0n) is 8.76. The third-order valence-corrected chi connectivity index (χ3v) is 2.78. The predicted octanol–water partition coefficient (Wildman–Crippen LogP) is 2.27. The van der Waals surface area contributed by atoms with Gasteiger partial charge in [0.25, 0.3) is 5.78 Å². The van der Waals surface area contributed by atoms with Crippen LogP contribution in [0.2, 0.25) is 0 Å². The standard InChI is InChI=1S/C10H11F3N2O/c1-6-14-8(9(16)10(11,12)13)7-4-2-3-5-15(6)7/h2-5H2,1H3. The maximum Gasteiger partial charge on any atom is 0.456 e. The van der Waals surface area contributed by atoms with Crippen LogP contribution in [0.5, 0.6) is 0 Å². The highest BCUT2D eigenvalue weighted by Crippen LogP contribution is 2.27. The van der Waals surface area contributed by atoms with Crippen molar-refractivity contribution in [1.82, 2.24) is 9.55 Å². The first-order valence-corrected chi connectivity index (χ1v) is 5.09. The number of ketones is 1. The van der Waals surface area contributed by atoms with Gasteiger partial charge in [0.2, 0.25) is 0 Å². The van der Waals surface area contributed by atoms with Crippen LogP contribution in [-0.4, -0.2) is 21.5 Å². The fraction of sp³-hybridized carbons (Fsp3) is 0.600. The Balaban J connectivity index is 2.46. The number of Topliss-reactive ketones (excluding diaryl/α,β-unsaturated/α-hetero) is 1. The Bertz CT molecular complexity index is 434. The summed E-state index contributed by atoms with van der Waals surface area (Å²) in [6, 6.07) is 0. The molecule has 0 saturated heterocycles. The molecule has 0 aromatic carbocycles. The molecule has 0 amide bonds. The van der Waals surface area contributed by atoms with Gasteiger partial charge >= 0.3 is 6.18 Å². The van der Waals surface area contributed by atoms with Gasteiger partial charge in [-0.1, -0.05) is 0 Å². The van der Waals surface area contributed by atoms with E-state index >= 15 is 0 Å². The summed E-state index contributed by atoms with van der Waals surface area (Å²) < 4.78 is 38.7. The lowest BCUT2D eigenvalue weighted by atomic mass is 10.1. The number of aryl methyl sites for hydroxylation is 1. The van der Waals surface area contributed by atoms with E-state index in [1.165, 1.54) is 0 Å². The van der Waals surface area contributed by atoms with Gasteiger partial charge in [-0.15, -0.1) is 0 Å². The molecule has 6 heteroatoms. The molecule has 0 radical (unpaired) electrons. The summed E-state index contributed by atoms with van der Waals surface area (Å²) in [5.41, 5.74) is 0.0239. The smallest absolute Gasteiger partial charge is 0.332 e. The van der Waals surface area contributed by atoms with E-state index in [4.69, 9.17) is 0 Å². The average molecular weight is 232 g/mol. The summed E-state index contributed by atoms with van der Waals surface area (Å²) in [7, 11) is 0. The summed E-state index contributed by atoms with van der Waals surface area (Å²) in [4.78, 5) is 14.9. The van der Waals surface area contributed by atoms with Crippen LogP contribution in [0.4, 0.5) is 13.2 Å². The Kier molecular flexibility index (Phi) is 2.52. The van der Waals surface area contributed by atoms with Crippen LogP contribution in [0.25, 0.3) is 0 Å². The number of aromatic nitrogens is 2. The minimum Gasteiger partial charge on any atom is -0.332 e. The van der Waals surface area contributed by atoms with Crippen LogP contribution >= 0.6 is 0 Å². The van der Waals surface area contributed by atoms with Crippen molar-refractivity contribution in [2.24, 2.45) is 0 Å². The maximum atomic E-state index is 12.3. The van der Waals surface area contributed by atoms with Gasteiger partial charge in [0.1, 0.15) is 11.5 Å². The number of rotatable bonds is 1. The molecular formula is C10H11F3N2O. The van der Waals surface area contributed by atoms with E-state index in [0.29, 0.717) is 24.5 Å². The number of imidazole rings is 1. The predicted molar refractivity (Wildman–Crippen MR) is 50.3 cm³/mol. The first kappa shape index (κ1) is 11.2. The Morgan fingerprint density at radius 1 is 1.38 bits per heavy atom. The molecule has 3 nitrogen and oxygen atoms in total. The number of fused-ring (bicyclic) bond motifs is 1. The Hall–Kier alpha value is -1.33. The van der Waals surface area contributed by atoms with Gasteiger partial charge in [0, 0.05) is 12.2 Å². The Labute approximate surface area is 90.3 Å². The van der Waals surface area contributed by atoms with Gasteiger partial charge in [-0.25, -0.2) is 4.98 Å². The molecule has 1 aliphatic heterocycles. The van der Waals surface area contributed by atoms with Gasteiger partial charge in [0.05, 0.1) is 0 Å². The first-order valence-electron chi connectivity index (χ1n) is 5.09. The lowest BCUT2D eigenvalue weighted by Gasteiger charge is -2.16. The van der Waals surface area contributed by atoms with E-state index in [0.717, 1.165) is 12.8 Å². The van der Waals surface area contributed by atoms with E-state index in [1.54, 1.807) is 11.5 Å². The molecule has 2 rings (SSSR count). The average Bonchev–Trinajstić information content (AvgIpc) is 2.55. The molecule has 0 unspecified atom stereocenters. The zero-order chi connectivity index (χ0) is 11.9. The topological polar surface area (TPSA) is 34.9 Å². The molecule has 0 saturated carbocycles. The minimum absolute atomic E-state index is 0.412. The second-order valence-corrected chi connectivity index (χ2v) is 3.89. The van der Waals surface area contributed by atoms with E-state index in [-0.39, 0.29) is 0 Å². The normalized spacial score (nSPS) is 16.0. The van der Waals surface area contributed by atoms with Crippen molar-refractivity contribution in [1.29, 1.82) is 0 Å². The van der Waals surface area contributed by atoms with E-state index in [2.05, 4.69) is 4.98 Å². The molecule has 0 fully saturated rings. The van der Waals surface area contributed by atoms with Crippen LogP contribution in [0, 0.1) is 6.92 Å². The Morgan fingerprint density at radius 3 is 2.69 bits per heavy atom. The summed E-state index contributed by atoms with van der Waals surface area (Å²) in [5.74, 6) is -1.34. The molecule has 0 aliphatic carbocycles. The van der Waals surface area contributed by atoms with Crippen LogP contribution < -0.4 is 0 Å². The van der Waals surface area contributed by atoms with Crippen LogP contribution in [0.3, 0.4) is 0 Å². The third kappa shape index (κ3) is 1.72. The molecular weight excluding hydrogens is 221 g/mol. The zero-order valence-corrected chi connectivity index (χ0v) is 8.76. The lowest BCUT2D eigenvalue weighted by molar-refractivity contribution is -0.0888. The van der Waals surface area contributed by atoms with Crippen molar-refractivity contribution in [3.8, 4) is 0 Å². The van der Waals surface area contributed by atoms with Crippen molar-refractivity contribution < 1.29 is 18.0 Å². The maximum absolute atomic E-state index is 12.3. The Morgan fingerprint density at radius 2 is 2.06 bits per heavy atom. The largest absolute Gasteiger partial charge is 0.456 e. The van der Waals surface area contributed by atoms with Crippen molar-refractivity contribution in [2.45, 2.75) is 38.9 Å². The molecule has 16 heavy (non-hydrogen) atoms. The van der Waals surface area contributed by atoms with Crippen LogP contribution in [0.15, 0.2) is 0 Å². The molecule has 1 aromatic rings. The van der Waals surface area contributed by atoms with Crippen molar-refractivity contribution in [3.63, 3.8) is 0 Å². The highest BCUT2D eigenvalue weighted by Gasteiger charge is 2.42. The van der Waals surface area contributed by atoms with E-state index in [9.17, 15) is 18.0 Å². The number of halogens is 3. The second-order valence-electron chi connectivity index (χ2n) is 3.89. The highest BCUT2D eigenvalue weighted by atomic mass is 19.4. The molecule has 88 valence electrons. The number of carbonyl (C=O) groups is 1. The fourth-order valence-electron chi connectivity index (χ4n) is 2.04. The first-order chi connectivity index (χ1) is 7.41. The van der Waals surface area contributed by atoms with E-state index in [1.807, 2.05) is 0 Å². The van der Waals surface area contributed by atoms with Gasteiger partial charge in [-0.05, 0) is 26.2 Å². The summed E-state index contributed by atoms with van der Waals surface area (Å²) in [6.45, 7) is 2.28. The van der Waals surface area contributed by atoms with Crippen molar-refractivity contribution in [2.75, 3.05) is 0 Å². The summed E-state index contributed by atoms with van der Waals surface area (Å²) >= 11 is 0. The number of carbonyl (C=O) groups excluding carboxylic acids is 1. The number of hydrogen-bond acceptors (Lipinski definition) is 2. The molecule has 2 heterocycles. The monoisotopic (exact) mass is 232 g/mol. The van der Waals surface area contributed by atoms with Crippen molar-refractivity contribution >= 4 is 5.78 Å². The molecule has 0 bridgehead atoms. The molecule has 0 atom stereocenters. The summed E-state index contributed by atoms with van der Waals surface area (Å²) in [6.07, 6.45) is -2.61. The second kappa shape index (κ2) is 3.61. The highest BCUT2D eigenvalue weighted by molar-refractivity contribution is 5.99. The number of hydrogen-bond donors (Lipinski definition) is 0. The van der Waals surface area contributed by atoms with Crippen LogP contribution in [-0.2, 0) is 13.0 Å². The quantitative estimate of drug-likeness (QED) is 0.696. The van der Waals surface area contributed by atoms with Gasteiger partial charge in [-0.3, -0.25) is 4.79 Å². The lowest BCUT2D eigenvalue weighted by Crippen LogP contribution is -2.25. The van der Waals surface area contributed by atoms with Gasteiger partial charge in [0.15, 0.2) is 0 Å². The number of nitrogens with zero attached hydrogens (tertiary/aromatic N) is 2. The minimum atomic E-state index is -4.83. The van der Waals surface area contributed by atoms with E-state index < -0.39 is 17.7 Å². The fourth-order valence-corrected chi connectivity index (χ4v) is 2.04. The van der Waals surface area contributed by atoms with Crippen LogP contribution in [0.1, 0.15) is 34.8 Å².